The van der Waals surface area contributed by atoms with Crippen LogP contribution in [0.25, 0.3) is 44.0 Å². The van der Waals surface area contributed by atoms with Gasteiger partial charge >= 0.3 is 0 Å². The van der Waals surface area contributed by atoms with E-state index in [2.05, 4.69) is 28.0 Å². The van der Waals surface area contributed by atoms with Crippen molar-refractivity contribution in [3.63, 3.8) is 0 Å². The summed E-state index contributed by atoms with van der Waals surface area (Å²) in [6.45, 7) is 0.391. The largest absolute Gasteiger partial charge is 0.362 e. The van der Waals surface area contributed by atoms with Crippen molar-refractivity contribution >= 4 is 50.6 Å². The predicted molar refractivity (Wildman–Crippen MR) is 148 cm³/mol. The van der Waals surface area contributed by atoms with Gasteiger partial charge in [-0.25, -0.2) is 9.97 Å². The van der Waals surface area contributed by atoms with Crippen LogP contribution >= 0.6 is 34.5 Å². The van der Waals surface area contributed by atoms with Gasteiger partial charge < -0.3 is 9.84 Å². The number of hydrogen-bond donors (Lipinski definition) is 1. The van der Waals surface area contributed by atoms with Gasteiger partial charge in [-0.2, -0.15) is 0 Å². The molecule has 0 amide bonds. The second-order valence-corrected chi connectivity index (χ2v) is 9.82. The molecule has 0 aliphatic carbocycles. The molecule has 6 aromatic rings. The lowest BCUT2D eigenvalue weighted by molar-refractivity contribution is 0.390. The third-order valence-electron chi connectivity index (χ3n) is 5.75. The van der Waals surface area contributed by atoms with Gasteiger partial charge in [0.15, 0.2) is 11.6 Å². The second-order valence-electron chi connectivity index (χ2n) is 8.11. The maximum absolute atomic E-state index is 6.35. The molecule has 0 fully saturated rings. The molecule has 0 spiro atoms. The minimum absolute atomic E-state index is 0.391. The monoisotopic (exact) mass is 528 g/mol. The lowest BCUT2D eigenvalue weighted by atomic mass is 10.1. The van der Waals surface area contributed by atoms with Crippen LogP contribution in [0.3, 0.4) is 0 Å². The Bertz CT molecular complexity index is 1670. The number of thiophene rings is 1. The van der Waals surface area contributed by atoms with E-state index in [1.807, 2.05) is 60.7 Å². The quantitative estimate of drug-likeness (QED) is 0.234. The number of halogens is 2. The molecule has 0 bridgehead atoms. The normalized spacial score (nSPS) is 11.2. The molecule has 8 heteroatoms. The molecular formula is C28H18Cl2N4OS. The van der Waals surface area contributed by atoms with Gasteiger partial charge in [0.2, 0.25) is 0 Å². The molecule has 36 heavy (non-hydrogen) atoms. The lowest BCUT2D eigenvalue weighted by Gasteiger charge is -2.10. The van der Waals surface area contributed by atoms with Gasteiger partial charge in [0, 0.05) is 33.2 Å². The molecule has 0 aliphatic rings. The van der Waals surface area contributed by atoms with E-state index in [0.717, 1.165) is 38.3 Å². The fourth-order valence-electron chi connectivity index (χ4n) is 4.01. The zero-order valence-electron chi connectivity index (χ0n) is 18.8. The smallest absolute Gasteiger partial charge is 0.163 e. The van der Waals surface area contributed by atoms with E-state index in [1.54, 1.807) is 23.5 Å². The Morgan fingerprint density at radius 2 is 1.56 bits per heavy atom. The molecule has 3 aromatic carbocycles. The van der Waals surface area contributed by atoms with Crippen LogP contribution in [0.2, 0.25) is 10.0 Å². The summed E-state index contributed by atoms with van der Waals surface area (Å²) in [6, 6.07) is 27.4. The van der Waals surface area contributed by atoms with E-state index in [9.17, 15) is 0 Å². The zero-order valence-corrected chi connectivity index (χ0v) is 21.1. The number of nitrogens with one attached hydrogen (secondary N) is 1. The Hall–Kier alpha value is -3.71. The first-order valence-corrected chi connectivity index (χ1v) is 12.8. The Morgan fingerprint density at radius 1 is 0.806 bits per heavy atom. The van der Waals surface area contributed by atoms with Crippen molar-refractivity contribution in [1.29, 1.82) is 0 Å². The third-order valence-corrected chi connectivity index (χ3v) is 7.17. The van der Waals surface area contributed by atoms with Crippen molar-refractivity contribution in [2.45, 2.75) is 6.54 Å². The fourth-order valence-corrected chi connectivity index (χ4v) is 5.46. The first kappa shape index (κ1) is 22.7. The third kappa shape index (κ3) is 4.46. The van der Waals surface area contributed by atoms with Crippen molar-refractivity contribution in [2.75, 3.05) is 5.32 Å². The van der Waals surface area contributed by atoms with Gasteiger partial charge in [0.05, 0.1) is 17.0 Å². The molecule has 5 nitrogen and oxygen atoms in total. The van der Waals surface area contributed by atoms with Crippen LogP contribution in [-0.2, 0) is 6.54 Å². The molecule has 0 saturated carbocycles. The number of fused-ring (bicyclic) bond motifs is 1. The number of rotatable bonds is 6. The Labute approximate surface area is 221 Å². The number of anilines is 1. The van der Waals surface area contributed by atoms with Gasteiger partial charge in [0.25, 0.3) is 0 Å². The molecule has 1 N–H and O–H groups in total. The van der Waals surface area contributed by atoms with Crippen molar-refractivity contribution in [3.05, 3.63) is 106 Å². The minimum Gasteiger partial charge on any atom is -0.362 e. The molecule has 6 rings (SSSR count). The Kier molecular flexibility index (Phi) is 6.15. The minimum atomic E-state index is 0.391. The summed E-state index contributed by atoms with van der Waals surface area (Å²) in [4.78, 5) is 10.7. The van der Waals surface area contributed by atoms with Gasteiger partial charge in [-0.05, 0) is 23.8 Å². The van der Waals surface area contributed by atoms with E-state index in [-0.39, 0.29) is 0 Å². The highest BCUT2D eigenvalue weighted by molar-refractivity contribution is 7.17. The number of benzene rings is 3. The predicted octanol–water partition coefficient (Wildman–Crippen LogP) is 8.60. The number of hydrogen-bond acceptors (Lipinski definition) is 6. The average Bonchev–Trinajstić information content (AvgIpc) is 3.56. The van der Waals surface area contributed by atoms with E-state index in [0.29, 0.717) is 33.9 Å². The summed E-state index contributed by atoms with van der Waals surface area (Å²) in [5.41, 5.74) is 4.56. The summed E-state index contributed by atoms with van der Waals surface area (Å²) >= 11 is 14.0. The Morgan fingerprint density at radius 3 is 2.31 bits per heavy atom. The van der Waals surface area contributed by atoms with E-state index in [4.69, 9.17) is 37.7 Å². The first-order chi connectivity index (χ1) is 17.7. The second kappa shape index (κ2) is 9.74. The topological polar surface area (TPSA) is 63.8 Å². The molecule has 3 aromatic heterocycles. The van der Waals surface area contributed by atoms with Gasteiger partial charge in [-0.3, -0.25) is 0 Å². The van der Waals surface area contributed by atoms with Crippen molar-refractivity contribution < 1.29 is 4.52 Å². The van der Waals surface area contributed by atoms with Gasteiger partial charge in [-0.1, -0.05) is 89.0 Å². The van der Waals surface area contributed by atoms with E-state index < -0.39 is 0 Å². The number of nitrogens with zero attached hydrogens (tertiary/aromatic N) is 3. The fraction of sp³-hybridized carbons (Fsp3) is 0.0357. The van der Waals surface area contributed by atoms with Gasteiger partial charge in [-0.15, -0.1) is 11.3 Å². The number of aromatic nitrogens is 3. The van der Waals surface area contributed by atoms with Crippen LogP contribution in [-0.4, -0.2) is 15.1 Å². The summed E-state index contributed by atoms with van der Waals surface area (Å²) < 4.78 is 5.60. The van der Waals surface area contributed by atoms with Crippen molar-refractivity contribution in [3.8, 4) is 33.8 Å². The highest BCUT2D eigenvalue weighted by Gasteiger charge is 2.17. The Balaban J connectivity index is 1.38. The summed E-state index contributed by atoms with van der Waals surface area (Å²) in [7, 11) is 0. The van der Waals surface area contributed by atoms with E-state index in [1.165, 1.54) is 0 Å². The first-order valence-electron chi connectivity index (χ1n) is 11.2. The summed E-state index contributed by atoms with van der Waals surface area (Å²) in [6.07, 6.45) is 0. The van der Waals surface area contributed by atoms with E-state index >= 15 is 0 Å². The molecule has 0 aliphatic heterocycles. The lowest BCUT2D eigenvalue weighted by Crippen LogP contribution is -2.03. The molecule has 0 radical (unpaired) electrons. The average molecular weight is 529 g/mol. The maximum atomic E-state index is 6.35. The molecule has 0 unspecified atom stereocenters. The molecular weight excluding hydrogens is 511 g/mol. The highest BCUT2D eigenvalue weighted by Crippen LogP contribution is 2.38. The van der Waals surface area contributed by atoms with Crippen molar-refractivity contribution in [1.82, 2.24) is 15.1 Å². The SMILES string of the molecule is Clc1ccc(-c2cc(CNc3nc(-c4ccccc4)nc4scc(-c5ccccc5)c34)on2)c(Cl)c1. The van der Waals surface area contributed by atoms with Crippen LogP contribution in [0, 0.1) is 0 Å². The maximum Gasteiger partial charge on any atom is 0.163 e. The van der Waals surface area contributed by atoms with Gasteiger partial charge in [0.1, 0.15) is 16.3 Å². The summed E-state index contributed by atoms with van der Waals surface area (Å²) in [5, 5.41) is 11.9. The van der Waals surface area contributed by atoms with Crippen LogP contribution < -0.4 is 5.32 Å². The van der Waals surface area contributed by atoms with Crippen LogP contribution in [0.15, 0.2) is 94.8 Å². The molecule has 3 heterocycles. The highest BCUT2D eigenvalue weighted by atomic mass is 35.5. The van der Waals surface area contributed by atoms with Crippen molar-refractivity contribution in [2.24, 2.45) is 0 Å². The molecule has 0 saturated heterocycles. The summed E-state index contributed by atoms with van der Waals surface area (Å²) in [5.74, 6) is 2.06. The standard InChI is InChI=1S/C28H18Cl2N4OS/c29-19-11-12-21(23(30)13-19)24-14-20(35-34-24)15-31-27-25-22(17-7-3-1-4-8-17)16-36-28(25)33-26(32-27)18-9-5-2-6-10-18/h1-14,16H,15H2,(H,31,32,33). The molecule has 0 atom stereocenters. The zero-order chi connectivity index (χ0) is 24.5. The van der Waals surface area contributed by atoms with Crippen LogP contribution in [0.4, 0.5) is 5.82 Å². The van der Waals surface area contributed by atoms with Crippen LogP contribution in [0.5, 0.6) is 0 Å². The van der Waals surface area contributed by atoms with Crippen LogP contribution in [0.1, 0.15) is 5.76 Å². The molecule has 176 valence electrons.